The van der Waals surface area contributed by atoms with E-state index in [2.05, 4.69) is 0 Å². The van der Waals surface area contributed by atoms with Gasteiger partial charge in [-0.15, -0.1) is 0 Å². The maximum Gasteiger partial charge on any atom is 0.390 e. The molecule has 1 aliphatic heterocycles. The molecule has 2 N–H and O–H groups in total. The molecule has 0 aromatic rings. The van der Waals surface area contributed by atoms with Crippen molar-refractivity contribution in [3.8, 4) is 0 Å². The number of alkyl halides is 3. The van der Waals surface area contributed by atoms with Gasteiger partial charge >= 0.3 is 18.1 Å². The number of rotatable bonds is 4. The second-order valence-corrected chi connectivity index (χ2v) is 4.01. The van der Waals surface area contributed by atoms with Crippen LogP contribution >= 0.6 is 0 Å². The molecule has 1 saturated heterocycles. The van der Waals surface area contributed by atoms with Crippen LogP contribution in [-0.4, -0.2) is 52.9 Å². The minimum Gasteiger partial charge on any atom is -0.481 e. The summed E-state index contributed by atoms with van der Waals surface area (Å²) < 4.78 is 35.9. The van der Waals surface area contributed by atoms with Crippen LogP contribution in [-0.2, 0) is 9.59 Å². The molecule has 0 amide bonds. The third kappa shape index (κ3) is 3.88. The van der Waals surface area contributed by atoms with E-state index in [0.29, 0.717) is 0 Å². The standard InChI is InChI=1S/C9H12F3NO4/c10-9(11,12)1-2-13-3-5(7(14)15)6(4-13)8(16)17/h5-6H,1-4H2,(H,14,15)(H,16,17)/t5-,6-/m0/s1. The van der Waals surface area contributed by atoms with Gasteiger partial charge in [-0.3, -0.25) is 9.59 Å². The van der Waals surface area contributed by atoms with Gasteiger partial charge in [0.2, 0.25) is 0 Å². The van der Waals surface area contributed by atoms with E-state index in [1.54, 1.807) is 0 Å². The van der Waals surface area contributed by atoms with Crippen LogP contribution in [0.15, 0.2) is 0 Å². The van der Waals surface area contributed by atoms with Crippen molar-refractivity contribution >= 4 is 11.9 Å². The number of aliphatic carboxylic acids is 2. The predicted octanol–water partition coefficient (Wildman–Crippen LogP) is 0.656. The van der Waals surface area contributed by atoms with E-state index < -0.39 is 36.4 Å². The third-order valence-electron chi connectivity index (χ3n) is 2.74. The Labute approximate surface area is 94.8 Å². The molecule has 5 nitrogen and oxygen atoms in total. The molecule has 0 bridgehead atoms. The smallest absolute Gasteiger partial charge is 0.390 e. The van der Waals surface area contributed by atoms with Crippen molar-refractivity contribution < 1.29 is 33.0 Å². The summed E-state index contributed by atoms with van der Waals surface area (Å²) in [5, 5.41) is 17.5. The molecule has 1 fully saturated rings. The van der Waals surface area contributed by atoms with Crippen molar-refractivity contribution in [1.82, 2.24) is 4.90 Å². The monoisotopic (exact) mass is 255 g/mol. The summed E-state index contributed by atoms with van der Waals surface area (Å²) in [7, 11) is 0. The van der Waals surface area contributed by atoms with Crippen LogP contribution in [0, 0.1) is 11.8 Å². The Morgan fingerprint density at radius 1 is 1.12 bits per heavy atom. The lowest BCUT2D eigenvalue weighted by molar-refractivity contribution is -0.151. The molecule has 0 unspecified atom stereocenters. The van der Waals surface area contributed by atoms with Crippen LogP contribution in [0.2, 0.25) is 0 Å². The van der Waals surface area contributed by atoms with Crippen LogP contribution in [0.25, 0.3) is 0 Å². The van der Waals surface area contributed by atoms with Gasteiger partial charge < -0.3 is 15.1 Å². The topological polar surface area (TPSA) is 77.8 Å². The Morgan fingerprint density at radius 2 is 1.53 bits per heavy atom. The van der Waals surface area contributed by atoms with Gasteiger partial charge in [0, 0.05) is 19.6 Å². The molecule has 1 rings (SSSR count). The maximum absolute atomic E-state index is 12.0. The highest BCUT2D eigenvalue weighted by molar-refractivity contribution is 5.81. The zero-order valence-electron chi connectivity index (χ0n) is 8.78. The van der Waals surface area contributed by atoms with E-state index in [1.165, 1.54) is 4.90 Å². The van der Waals surface area contributed by atoms with Gasteiger partial charge in [-0.25, -0.2) is 0 Å². The lowest BCUT2D eigenvalue weighted by atomic mass is 9.97. The molecule has 1 aliphatic rings. The van der Waals surface area contributed by atoms with Gasteiger partial charge in [0.25, 0.3) is 0 Å². The first-order valence-electron chi connectivity index (χ1n) is 4.95. The van der Waals surface area contributed by atoms with Gasteiger partial charge in [-0.1, -0.05) is 0 Å². The molecule has 98 valence electrons. The van der Waals surface area contributed by atoms with Crippen molar-refractivity contribution in [2.75, 3.05) is 19.6 Å². The third-order valence-corrected chi connectivity index (χ3v) is 2.74. The number of nitrogens with zero attached hydrogens (tertiary/aromatic N) is 1. The van der Waals surface area contributed by atoms with Crippen LogP contribution in [0.3, 0.4) is 0 Å². The fourth-order valence-electron chi connectivity index (χ4n) is 1.85. The minimum absolute atomic E-state index is 0.150. The number of hydrogen-bond donors (Lipinski definition) is 2. The molecule has 17 heavy (non-hydrogen) atoms. The summed E-state index contributed by atoms with van der Waals surface area (Å²) in [5.41, 5.74) is 0. The number of carbonyl (C=O) groups is 2. The van der Waals surface area contributed by atoms with E-state index in [0.717, 1.165) is 0 Å². The molecular formula is C9H12F3NO4. The Bertz CT molecular complexity index is 296. The Hall–Kier alpha value is -1.31. The second kappa shape index (κ2) is 4.91. The van der Waals surface area contributed by atoms with Crippen LogP contribution in [0.4, 0.5) is 13.2 Å². The van der Waals surface area contributed by atoms with Crippen molar-refractivity contribution in [2.45, 2.75) is 12.6 Å². The second-order valence-electron chi connectivity index (χ2n) is 4.01. The van der Waals surface area contributed by atoms with Gasteiger partial charge in [0.05, 0.1) is 18.3 Å². The molecule has 8 heteroatoms. The number of likely N-dealkylation sites (tertiary alicyclic amines) is 1. The first kappa shape index (κ1) is 13.8. The fraction of sp³-hybridized carbons (Fsp3) is 0.778. The van der Waals surface area contributed by atoms with Crippen molar-refractivity contribution in [1.29, 1.82) is 0 Å². The van der Waals surface area contributed by atoms with Crippen LogP contribution < -0.4 is 0 Å². The van der Waals surface area contributed by atoms with Gasteiger partial charge in [0.15, 0.2) is 0 Å². The Kier molecular flexibility index (Phi) is 3.97. The van der Waals surface area contributed by atoms with Crippen molar-refractivity contribution in [2.24, 2.45) is 11.8 Å². The van der Waals surface area contributed by atoms with Crippen molar-refractivity contribution in [3.05, 3.63) is 0 Å². The van der Waals surface area contributed by atoms with E-state index in [9.17, 15) is 22.8 Å². The van der Waals surface area contributed by atoms with Crippen LogP contribution in [0.1, 0.15) is 6.42 Å². The molecule has 2 atom stereocenters. The van der Waals surface area contributed by atoms with E-state index in [-0.39, 0.29) is 19.6 Å². The Morgan fingerprint density at radius 3 is 1.82 bits per heavy atom. The largest absolute Gasteiger partial charge is 0.481 e. The number of hydrogen-bond acceptors (Lipinski definition) is 3. The summed E-state index contributed by atoms with van der Waals surface area (Å²) in [6.45, 7) is -0.665. The Balaban J connectivity index is 2.57. The molecule has 0 aromatic carbocycles. The van der Waals surface area contributed by atoms with E-state index in [1.807, 2.05) is 0 Å². The summed E-state index contributed by atoms with van der Waals surface area (Å²) in [4.78, 5) is 22.7. The maximum atomic E-state index is 12.0. The number of carboxylic acid groups (broad SMARTS) is 2. The lowest BCUT2D eigenvalue weighted by Crippen LogP contribution is -2.28. The molecule has 0 spiro atoms. The quantitative estimate of drug-likeness (QED) is 0.771. The molecule has 1 heterocycles. The molecular weight excluding hydrogens is 243 g/mol. The van der Waals surface area contributed by atoms with Crippen molar-refractivity contribution in [3.63, 3.8) is 0 Å². The molecule has 0 saturated carbocycles. The SMILES string of the molecule is O=C(O)[C@H]1CN(CCC(F)(F)F)C[C@@H]1C(=O)O. The van der Waals surface area contributed by atoms with E-state index in [4.69, 9.17) is 10.2 Å². The number of halogens is 3. The zero-order chi connectivity index (χ0) is 13.2. The van der Waals surface area contributed by atoms with Gasteiger partial charge in [-0.2, -0.15) is 13.2 Å². The molecule has 0 radical (unpaired) electrons. The zero-order valence-corrected chi connectivity index (χ0v) is 8.78. The highest BCUT2D eigenvalue weighted by Gasteiger charge is 2.42. The van der Waals surface area contributed by atoms with Gasteiger partial charge in [0.1, 0.15) is 0 Å². The number of carboxylic acids is 2. The summed E-state index contributed by atoms with van der Waals surface area (Å²) >= 11 is 0. The first-order chi connectivity index (χ1) is 7.70. The highest BCUT2D eigenvalue weighted by Crippen LogP contribution is 2.26. The average Bonchev–Trinajstić information content (AvgIpc) is 2.57. The fourth-order valence-corrected chi connectivity index (χ4v) is 1.85. The predicted molar refractivity (Wildman–Crippen MR) is 49.4 cm³/mol. The summed E-state index contributed by atoms with van der Waals surface area (Å²) in [6.07, 6.45) is -5.38. The van der Waals surface area contributed by atoms with Gasteiger partial charge in [-0.05, 0) is 0 Å². The minimum atomic E-state index is -4.32. The first-order valence-corrected chi connectivity index (χ1v) is 4.95. The summed E-state index contributed by atoms with van der Waals surface area (Å²) in [5.74, 6) is -4.85. The normalized spacial score (nSPS) is 26.1. The van der Waals surface area contributed by atoms with Crippen LogP contribution in [0.5, 0.6) is 0 Å². The average molecular weight is 255 g/mol. The van der Waals surface area contributed by atoms with E-state index >= 15 is 0 Å². The highest BCUT2D eigenvalue weighted by atomic mass is 19.4. The lowest BCUT2D eigenvalue weighted by Gasteiger charge is -2.15. The molecule has 0 aliphatic carbocycles. The summed E-state index contributed by atoms with van der Waals surface area (Å²) in [6, 6.07) is 0. The molecule has 0 aromatic heterocycles.